The van der Waals surface area contributed by atoms with Crippen LogP contribution in [0, 0.1) is 0 Å². The van der Waals surface area contributed by atoms with E-state index in [1.807, 2.05) is 0 Å². The molecule has 9 heavy (non-hydrogen) atoms. The summed E-state index contributed by atoms with van der Waals surface area (Å²) in [5.74, 6) is 0.182. The van der Waals surface area contributed by atoms with Crippen LogP contribution in [0.4, 0.5) is 0 Å². The van der Waals surface area contributed by atoms with Crippen LogP contribution in [0.15, 0.2) is 0 Å². The topological polar surface area (TPSA) is 46.3 Å². The molecular weight excluding hydrogens is 135 g/mol. The summed E-state index contributed by atoms with van der Waals surface area (Å²) in [4.78, 5) is 10.8. The molecule has 1 aliphatic heterocycles. The maximum absolute atomic E-state index is 10.8. The molecule has 1 heterocycles. The Morgan fingerprint density at radius 2 is 2.44 bits per heavy atom. The quantitative estimate of drug-likeness (QED) is 0.478. The highest BCUT2D eigenvalue weighted by atomic mass is 31.0. The van der Waals surface area contributed by atoms with Gasteiger partial charge in [0, 0.05) is 19.0 Å². The van der Waals surface area contributed by atoms with Crippen molar-refractivity contribution in [3.05, 3.63) is 0 Å². The molecule has 2 atom stereocenters. The maximum Gasteiger partial charge on any atom is 0.225 e. The number of carbonyl (C=O) groups excluding carboxylic acids is 1. The van der Waals surface area contributed by atoms with Crippen molar-refractivity contribution in [3.63, 3.8) is 0 Å². The number of hydrogen-bond donors (Lipinski definition) is 1. The second-order valence-electron chi connectivity index (χ2n) is 2.34. The van der Waals surface area contributed by atoms with Gasteiger partial charge in [0.2, 0.25) is 5.91 Å². The second kappa shape index (κ2) is 2.63. The number of carbonyl (C=O) groups is 1. The van der Waals surface area contributed by atoms with E-state index in [-0.39, 0.29) is 11.9 Å². The van der Waals surface area contributed by atoms with Crippen LogP contribution in [0.3, 0.4) is 0 Å². The lowest BCUT2D eigenvalue weighted by molar-refractivity contribution is -0.128. The fourth-order valence-corrected chi connectivity index (χ4v) is 1.30. The van der Waals surface area contributed by atoms with Crippen molar-refractivity contribution in [2.45, 2.75) is 18.9 Å². The first-order valence-corrected chi connectivity index (χ1v) is 3.52. The van der Waals surface area contributed by atoms with Crippen molar-refractivity contribution in [2.75, 3.05) is 6.54 Å². The normalized spacial score (nSPS) is 28.9. The first kappa shape index (κ1) is 6.97. The van der Waals surface area contributed by atoms with Gasteiger partial charge in [-0.1, -0.05) is 0 Å². The van der Waals surface area contributed by atoms with Crippen LogP contribution < -0.4 is 5.73 Å². The number of hydrogen-bond acceptors (Lipinski definition) is 2. The van der Waals surface area contributed by atoms with Crippen molar-refractivity contribution in [1.82, 2.24) is 4.67 Å². The molecule has 3 nitrogen and oxygen atoms in total. The lowest BCUT2D eigenvalue weighted by atomic mass is 10.1. The molecule has 0 aromatic carbocycles. The van der Waals surface area contributed by atoms with Gasteiger partial charge in [-0.3, -0.25) is 4.79 Å². The van der Waals surface area contributed by atoms with Gasteiger partial charge in [-0.2, -0.15) is 0 Å². The Morgan fingerprint density at radius 3 is 2.89 bits per heavy atom. The van der Waals surface area contributed by atoms with E-state index in [9.17, 15) is 4.79 Å². The average Bonchev–Trinajstić information content (AvgIpc) is 1.80. The standard InChI is InChI=1S/C5H11N2OP/c6-4-1-2-5(8)7(9)3-4/h4H,1-3,6,9H2. The van der Waals surface area contributed by atoms with Crippen LogP contribution in [0.1, 0.15) is 12.8 Å². The zero-order chi connectivity index (χ0) is 6.85. The Labute approximate surface area is 56.8 Å². The van der Waals surface area contributed by atoms with Crippen LogP contribution in [-0.4, -0.2) is 23.2 Å². The molecule has 0 saturated carbocycles. The Morgan fingerprint density at radius 1 is 1.78 bits per heavy atom. The second-order valence-corrected chi connectivity index (χ2v) is 2.97. The van der Waals surface area contributed by atoms with Crippen molar-refractivity contribution in [1.29, 1.82) is 0 Å². The van der Waals surface area contributed by atoms with Crippen molar-refractivity contribution in [3.8, 4) is 0 Å². The predicted molar refractivity (Wildman–Crippen MR) is 38.6 cm³/mol. The summed E-state index contributed by atoms with van der Waals surface area (Å²) < 4.78 is 1.61. The van der Waals surface area contributed by atoms with Gasteiger partial charge in [0.25, 0.3) is 0 Å². The van der Waals surface area contributed by atoms with Crippen molar-refractivity contribution >= 4 is 15.3 Å². The number of rotatable bonds is 0. The molecule has 2 unspecified atom stereocenters. The third kappa shape index (κ3) is 1.63. The Bertz CT molecular complexity index is 128. The van der Waals surface area contributed by atoms with E-state index >= 15 is 0 Å². The summed E-state index contributed by atoms with van der Waals surface area (Å²) >= 11 is 0. The SMILES string of the molecule is NC1CCC(=O)N(P)C1. The van der Waals surface area contributed by atoms with Crippen LogP contribution in [0.2, 0.25) is 0 Å². The van der Waals surface area contributed by atoms with Gasteiger partial charge in [0.1, 0.15) is 0 Å². The van der Waals surface area contributed by atoms with E-state index in [1.54, 1.807) is 4.67 Å². The summed E-state index contributed by atoms with van der Waals surface area (Å²) in [6, 6.07) is 0.181. The lowest BCUT2D eigenvalue weighted by Crippen LogP contribution is -2.40. The minimum absolute atomic E-state index is 0.181. The summed E-state index contributed by atoms with van der Waals surface area (Å²) in [6.07, 6.45) is 1.44. The van der Waals surface area contributed by atoms with Gasteiger partial charge in [0.05, 0.1) is 0 Å². The zero-order valence-electron chi connectivity index (χ0n) is 5.21. The molecule has 4 heteroatoms. The van der Waals surface area contributed by atoms with Gasteiger partial charge in [0.15, 0.2) is 0 Å². The molecule has 1 rings (SSSR count). The highest BCUT2D eigenvalue weighted by molar-refractivity contribution is 7.14. The third-order valence-electron chi connectivity index (χ3n) is 1.48. The van der Waals surface area contributed by atoms with E-state index in [0.717, 1.165) is 6.42 Å². The molecule has 1 fully saturated rings. The largest absolute Gasteiger partial charge is 0.326 e. The van der Waals surface area contributed by atoms with E-state index in [4.69, 9.17) is 5.73 Å². The van der Waals surface area contributed by atoms with Crippen LogP contribution in [-0.2, 0) is 4.79 Å². The molecule has 0 radical (unpaired) electrons. The lowest BCUT2D eigenvalue weighted by Gasteiger charge is -2.26. The Balaban J connectivity index is 2.44. The maximum atomic E-state index is 10.8. The monoisotopic (exact) mass is 146 g/mol. The first-order chi connectivity index (χ1) is 4.20. The predicted octanol–water partition coefficient (Wildman–Crippen LogP) is -0.274. The fraction of sp³-hybridized carbons (Fsp3) is 0.800. The molecule has 0 bridgehead atoms. The minimum Gasteiger partial charge on any atom is -0.326 e. The van der Waals surface area contributed by atoms with Crippen LogP contribution in [0.25, 0.3) is 0 Å². The van der Waals surface area contributed by atoms with Crippen molar-refractivity contribution in [2.24, 2.45) is 5.73 Å². The Kier molecular flexibility index (Phi) is 2.04. The van der Waals surface area contributed by atoms with E-state index in [1.165, 1.54) is 0 Å². The van der Waals surface area contributed by atoms with Crippen LogP contribution >= 0.6 is 9.39 Å². The summed E-state index contributed by atoms with van der Waals surface area (Å²) in [6.45, 7) is 0.684. The average molecular weight is 146 g/mol. The number of piperidine rings is 1. The van der Waals surface area contributed by atoms with E-state index in [0.29, 0.717) is 13.0 Å². The van der Waals surface area contributed by atoms with Gasteiger partial charge in [-0.05, 0) is 15.8 Å². The summed E-state index contributed by atoms with van der Waals surface area (Å²) in [5, 5.41) is 0. The molecule has 0 aliphatic carbocycles. The highest BCUT2D eigenvalue weighted by Gasteiger charge is 2.19. The first-order valence-electron chi connectivity index (χ1n) is 3.01. The van der Waals surface area contributed by atoms with E-state index in [2.05, 4.69) is 9.39 Å². The third-order valence-corrected chi connectivity index (χ3v) is 1.98. The minimum atomic E-state index is 0.181. The van der Waals surface area contributed by atoms with Gasteiger partial charge < -0.3 is 10.4 Å². The Hall–Kier alpha value is -0.140. The molecule has 0 aromatic rings. The molecular formula is C5H11N2OP. The highest BCUT2D eigenvalue weighted by Crippen LogP contribution is 2.12. The smallest absolute Gasteiger partial charge is 0.225 e. The molecule has 52 valence electrons. The molecule has 0 aromatic heterocycles. The van der Waals surface area contributed by atoms with Gasteiger partial charge in [-0.25, -0.2) is 0 Å². The molecule has 0 spiro atoms. The summed E-state index contributed by atoms with van der Waals surface area (Å²) in [7, 11) is 2.37. The van der Waals surface area contributed by atoms with E-state index < -0.39 is 0 Å². The molecule has 1 amide bonds. The van der Waals surface area contributed by atoms with Crippen molar-refractivity contribution < 1.29 is 4.79 Å². The van der Waals surface area contributed by atoms with Gasteiger partial charge in [-0.15, -0.1) is 0 Å². The molecule has 1 saturated heterocycles. The number of amides is 1. The fourth-order valence-electron chi connectivity index (χ4n) is 0.898. The number of nitrogens with two attached hydrogens (primary N) is 1. The zero-order valence-corrected chi connectivity index (χ0v) is 6.36. The van der Waals surface area contributed by atoms with Gasteiger partial charge >= 0.3 is 0 Å². The van der Waals surface area contributed by atoms with Crippen LogP contribution in [0.5, 0.6) is 0 Å². The number of nitrogens with zero attached hydrogens (tertiary/aromatic N) is 1. The molecule has 2 N–H and O–H groups in total. The molecule has 1 aliphatic rings. The summed E-state index contributed by atoms with van der Waals surface area (Å²) in [5.41, 5.74) is 5.58.